The predicted octanol–water partition coefficient (Wildman–Crippen LogP) is 12.2. The summed E-state index contributed by atoms with van der Waals surface area (Å²) in [5.74, 6) is -2.43. The van der Waals surface area contributed by atoms with E-state index in [0.29, 0.717) is 12.8 Å². The summed E-state index contributed by atoms with van der Waals surface area (Å²) in [5.41, 5.74) is 0. The lowest BCUT2D eigenvalue weighted by Gasteiger charge is -2.38. The van der Waals surface area contributed by atoms with Crippen LogP contribution in [0.3, 0.4) is 0 Å². The van der Waals surface area contributed by atoms with E-state index in [2.05, 4.69) is 38.2 Å². The molecular formula is C52H94O11. The van der Waals surface area contributed by atoms with Crippen LogP contribution in [0.5, 0.6) is 0 Å². The summed E-state index contributed by atoms with van der Waals surface area (Å²) in [6.07, 6.45) is 39.4. The van der Waals surface area contributed by atoms with Crippen molar-refractivity contribution in [1.29, 1.82) is 0 Å². The normalized spacial score (nSPS) is 19.5. The quantitative estimate of drug-likeness (QED) is 0.0261. The molecule has 368 valence electrons. The topological polar surface area (TPSA) is 169 Å². The molecule has 1 saturated heterocycles. The average Bonchev–Trinajstić information content (AvgIpc) is 3.27. The molecule has 6 unspecified atom stereocenters. The Morgan fingerprint density at radius 1 is 0.492 bits per heavy atom. The maximum atomic E-state index is 12.8. The molecule has 11 nitrogen and oxygen atoms in total. The largest absolute Gasteiger partial charge is 0.479 e. The molecule has 0 aromatic heterocycles. The first-order valence-electron chi connectivity index (χ1n) is 25.9. The van der Waals surface area contributed by atoms with Crippen LogP contribution in [0.2, 0.25) is 0 Å². The van der Waals surface area contributed by atoms with Crippen molar-refractivity contribution in [2.75, 3.05) is 13.2 Å². The molecule has 0 aromatic rings. The van der Waals surface area contributed by atoms with E-state index in [-0.39, 0.29) is 26.1 Å². The van der Waals surface area contributed by atoms with Crippen LogP contribution in [0.1, 0.15) is 239 Å². The van der Waals surface area contributed by atoms with Gasteiger partial charge in [0.15, 0.2) is 18.5 Å². The van der Waals surface area contributed by atoms with Crippen molar-refractivity contribution in [2.45, 2.75) is 275 Å². The van der Waals surface area contributed by atoms with Crippen molar-refractivity contribution in [3.05, 3.63) is 24.3 Å². The number of esters is 2. The van der Waals surface area contributed by atoms with Gasteiger partial charge in [0.2, 0.25) is 0 Å². The van der Waals surface area contributed by atoms with Crippen LogP contribution in [0.15, 0.2) is 24.3 Å². The Labute approximate surface area is 383 Å². The molecule has 11 heteroatoms. The Bertz CT molecular complexity index is 1140. The van der Waals surface area contributed by atoms with Crippen LogP contribution in [-0.4, -0.2) is 88.4 Å². The molecule has 1 rings (SSSR count). The van der Waals surface area contributed by atoms with Gasteiger partial charge >= 0.3 is 17.9 Å². The van der Waals surface area contributed by atoms with E-state index in [1.807, 2.05) is 0 Å². The number of ether oxygens (including phenoxy) is 4. The minimum atomic E-state index is -1.86. The zero-order valence-electron chi connectivity index (χ0n) is 40.1. The molecule has 0 amide bonds. The van der Waals surface area contributed by atoms with Gasteiger partial charge in [0.1, 0.15) is 24.9 Å². The number of aliphatic carboxylic acids is 1. The number of aliphatic hydroxyl groups excluding tert-OH is 3. The Morgan fingerprint density at radius 3 is 1.32 bits per heavy atom. The lowest BCUT2D eigenvalue weighted by Crippen LogP contribution is -2.60. The summed E-state index contributed by atoms with van der Waals surface area (Å²) in [7, 11) is 0. The molecule has 0 aliphatic carbocycles. The Hall–Kier alpha value is -2.31. The highest BCUT2D eigenvalue weighted by Crippen LogP contribution is 2.23. The number of hydrogen-bond donors (Lipinski definition) is 4. The van der Waals surface area contributed by atoms with Gasteiger partial charge in [-0.25, -0.2) is 4.79 Å². The molecule has 4 N–H and O–H groups in total. The second-order valence-electron chi connectivity index (χ2n) is 18.0. The fourth-order valence-corrected chi connectivity index (χ4v) is 7.97. The van der Waals surface area contributed by atoms with E-state index in [4.69, 9.17) is 18.9 Å². The van der Waals surface area contributed by atoms with Gasteiger partial charge in [0, 0.05) is 12.8 Å². The smallest absolute Gasteiger partial charge is 0.335 e. The summed E-state index contributed by atoms with van der Waals surface area (Å²) in [6, 6.07) is 0. The third-order valence-electron chi connectivity index (χ3n) is 12.1. The Kier molecular flexibility index (Phi) is 39.4. The summed E-state index contributed by atoms with van der Waals surface area (Å²) in [5, 5.41) is 39.9. The number of allylic oxidation sites excluding steroid dienone is 4. The minimum Gasteiger partial charge on any atom is -0.479 e. The standard InChI is InChI=1S/C52H94O11/c1-3-5-7-9-11-13-15-17-19-21-22-23-24-25-27-28-30-32-34-36-38-40-45(53)60-42-44(43-61-52-49(57)47(55)48(56)50(63-52)51(58)59)62-46(54)41-39-37-35-33-31-29-26-20-18-16-14-12-10-8-6-4-2/h15,17,21-22,44,47-50,52,55-57H,3-14,16,18-20,23-43H2,1-2H3,(H,58,59)/b17-15-,22-21-. The molecule has 6 atom stereocenters. The third kappa shape index (κ3) is 33.8. The van der Waals surface area contributed by atoms with Gasteiger partial charge < -0.3 is 39.4 Å². The molecule has 0 aromatic carbocycles. The summed E-state index contributed by atoms with van der Waals surface area (Å²) in [4.78, 5) is 37.0. The van der Waals surface area contributed by atoms with Crippen molar-refractivity contribution < 1.29 is 53.8 Å². The van der Waals surface area contributed by atoms with E-state index in [0.717, 1.165) is 51.4 Å². The van der Waals surface area contributed by atoms with Crippen LogP contribution >= 0.6 is 0 Å². The number of carboxylic acid groups (broad SMARTS) is 1. The second-order valence-corrected chi connectivity index (χ2v) is 18.0. The van der Waals surface area contributed by atoms with Crippen LogP contribution in [0.4, 0.5) is 0 Å². The number of aliphatic hydroxyl groups is 3. The first-order valence-corrected chi connectivity index (χ1v) is 25.9. The predicted molar refractivity (Wildman–Crippen MR) is 252 cm³/mol. The van der Waals surface area contributed by atoms with Gasteiger partial charge in [0.05, 0.1) is 6.61 Å². The monoisotopic (exact) mass is 895 g/mol. The average molecular weight is 895 g/mol. The van der Waals surface area contributed by atoms with Gasteiger partial charge in [0.25, 0.3) is 0 Å². The fourth-order valence-electron chi connectivity index (χ4n) is 7.97. The maximum Gasteiger partial charge on any atom is 0.335 e. The minimum absolute atomic E-state index is 0.187. The van der Waals surface area contributed by atoms with E-state index < -0.39 is 54.7 Å². The number of hydrogen-bond acceptors (Lipinski definition) is 10. The summed E-state index contributed by atoms with van der Waals surface area (Å²) in [6.45, 7) is 3.83. The number of unbranched alkanes of at least 4 members (excludes halogenated alkanes) is 29. The van der Waals surface area contributed by atoms with Crippen LogP contribution in [-0.2, 0) is 33.3 Å². The highest BCUT2D eigenvalue weighted by molar-refractivity contribution is 5.73. The number of carbonyl (C=O) groups excluding carboxylic acids is 2. The maximum absolute atomic E-state index is 12.8. The van der Waals surface area contributed by atoms with E-state index in [1.165, 1.54) is 148 Å². The molecule has 63 heavy (non-hydrogen) atoms. The van der Waals surface area contributed by atoms with Crippen LogP contribution in [0.25, 0.3) is 0 Å². The highest BCUT2D eigenvalue weighted by Gasteiger charge is 2.47. The third-order valence-corrected chi connectivity index (χ3v) is 12.1. The van der Waals surface area contributed by atoms with Gasteiger partial charge in [-0.15, -0.1) is 0 Å². The molecule has 1 aliphatic heterocycles. The summed E-state index contributed by atoms with van der Waals surface area (Å²) < 4.78 is 21.8. The Morgan fingerprint density at radius 2 is 0.889 bits per heavy atom. The van der Waals surface area contributed by atoms with E-state index >= 15 is 0 Å². The number of carbonyl (C=O) groups is 3. The zero-order valence-corrected chi connectivity index (χ0v) is 40.1. The van der Waals surface area contributed by atoms with Gasteiger partial charge in [-0.3, -0.25) is 9.59 Å². The van der Waals surface area contributed by atoms with Crippen molar-refractivity contribution in [1.82, 2.24) is 0 Å². The molecule has 1 aliphatic rings. The van der Waals surface area contributed by atoms with Crippen molar-refractivity contribution in [3.8, 4) is 0 Å². The molecule has 1 heterocycles. The van der Waals surface area contributed by atoms with Crippen LogP contribution < -0.4 is 0 Å². The van der Waals surface area contributed by atoms with Crippen molar-refractivity contribution in [3.63, 3.8) is 0 Å². The first kappa shape index (κ1) is 58.7. The van der Waals surface area contributed by atoms with Crippen molar-refractivity contribution >= 4 is 17.9 Å². The molecular weight excluding hydrogens is 801 g/mol. The molecule has 1 fully saturated rings. The van der Waals surface area contributed by atoms with Gasteiger partial charge in [-0.2, -0.15) is 0 Å². The van der Waals surface area contributed by atoms with Crippen molar-refractivity contribution in [2.24, 2.45) is 0 Å². The highest BCUT2D eigenvalue weighted by atomic mass is 16.7. The van der Waals surface area contributed by atoms with E-state index in [1.54, 1.807) is 0 Å². The van der Waals surface area contributed by atoms with Crippen LogP contribution in [0, 0.1) is 0 Å². The molecule has 0 spiro atoms. The fraction of sp³-hybridized carbons (Fsp3) is 0.865. The first-order chi connectivity index (χ1) is 30.7. The van der Waals surface area contributed by atoms with Gasteiger partial charge in [-0.1, -0.05) is 205 Å². The molecule has 0 saturated carbocycles. The molecule has 0 radical (unpaired) electrons. The lowest BCUT2D eigenvalue weighted by molar-refractivity contribution is -0.298. The molecule has 0 bridgehead atoms. The Balaban J connectivity index is 2.28. The lowest BCUT2D eigenvalue weighted by atomic mass is 9.99. The summed E-state index contributed by atoms with van der Waals surface area (Å²) >= 11 is 0. The number of carboxylic acids is 1. The zero-order chi connectivity index (χ0) is 46.0. The van der Waals surface area contributed by atoms with Gasteiger partial charge in [-0.05, 0) is 44.9 Å². The second kappa shape index (κ2) is 42.3. The number of rotatable bonds is 44. The van der Waals surface area contributed by atoms with E-state index in [9.17, 15) is 34.8 Å². The SMILES string of the molecule is CCCCCCC/C=C\C/C=C\CCCCCCCCCCCC(=O)OCC(COC1OC(C(=O)O)C(O)C(O)C1O)OC(=O)CCCCCCCCCCCCCCCCCC.